The standard InChI is InChI=1S/C17H26N2O3/c20-16(13-11-12-6-7-15(13)22-12)19-10-2-1-5-14(19)17(21)18-8-3-4-9-18/h12-15H,1-11H2. The van der Waals surface area contributed by atoms with Crippen molar-refractivity contribution in [1.29, 1.82) is 0 Å². The third kappa shape index (κ3) is 2.43. The van der Waals surface area contributed by atoms with Gasteiger partial charge in [-0.15, -0.1) is 0 Å². The summed E-state index contributed by atoms with van der Waals surface area (Å²) in [5.41, 5.74) is 0. The molecule has 5 nitrogen and oxygen atoms in total. The Morgan fingerprint density at radius 1 is 0.864 bits per heavy atom. The van der Waals surface area contributed by atoms with Crippen LogP contribution in [0.2, 0.25) is 0 Å². The average Bonchev–Trinajstić information content (AvgIpc) is 3.30. The molecule has 0 aromatic heterocycles. The van der Waals surface area contributed by atoms with E-state index >= 15 is 0 Å². The van der Waals surface area contributed by atoms with Gasteiger partial charge in [-0.3, -0.25) is 9.59 Å². The van der Waals surface area contributed by atoms with Crippen molar-refractivity contribution in [2.45, 2.75) is 69.6 Å². The summed E-state index contributed by atoms with van der Waals surface area (Å²) < 4.78 is 5.85. The molecule has 22 heavy (non-hydrogen) atoms. The van der Waals surface area contributed by atoms with E-state index in [1.54, 1.807) is 0 Å². The van der Waals surface area contributed by atoms with Gasteiger partial charge in [0.25, 0.3) is 0 Å². The van der Waals surface area contributed by atoms with Crippen LogP contribution in [0.15, 0.2) is 0 Å². The van der Waals surface area contributed by atoms with Crippen molar-refractivity contribution in [3.63, 3.8) is 0 Å². The topological polar surface area (TPSA) is 49.9 Å². The van der Waals surface area contributed by atoms with Gasteiger partial charge in [-0.05, 0) is 51.4 Å². The maximum absolute atomic E-state index is 13.0. The number of piperidine rings is 1. The lowest BCUT2D eigenvalue weighted by Gasteiger charge is -2.38. The summed E-state index contributed by atoms with van der Waals surface area (Å²) in [7, 11) is 0. The second-order valence-electron chi connectivity index (χ2n) is 7.29. The largest absolute Gasteiger partial charge is 0.374 e. The lowest BCUT2D eigenvalue weighted by molar-refractivity contribution is -0.150. The van der Waals surface area contributed by atoms with Crippen LogP contribution in [0.3, 0.4) is 0 Å². The van der Waals surface area contributed by atoms with Gasteiger partial charge in [0.1, 0.15) is 6.04 Å². The molecule has 0 aliphatic carbocycles. The van der Waals surface area contributed by atoms with Crippen LogP contribution in [0.4, 0.5) is 0 Å². The first-order valence-electron chi connectivity index (χ1n) is 8.99. The molecular weight excluding hydrogens is 280 g/mol. The molecule has 5 heteroatoms. The first-order chi connectivity index (χ1) is 10.7. The molecule has 4 fully saturated rings. The van der Waals surface area contributed by atoms with Crippen LogP contribution < -0.4 is 0 Å². The van der Waals surface area contributed by atoms with E-state index in [4.69, 9.17) is 4.74 Å². The molecule has 0 aromatic carbocycles. The summed E-state index contributed by atoms with van der Waals surface area (Å²) >= 11 is 0. The molecular formula is C17H26N2O3. The van der Waals surface area contributed by atoms with Gasteiger partial charge in [0.15, 0.2) is 0 Å². The molecule has 2 amide bonds. The highest BCUT2D eigenvalue weighted by atomic mass is 16.5. The van der Waals surface area contributed by atoms with Gasteiger partial charge < -0.3 is 14.5 Å². The second-order valence-corrected chi connectivity index (χ2v) is 7.29. The molecule has 4 aliphatic rings. The fourth-order valence-electron chi connectivity index (χ4n) is 4.71. The normalized spacial score (nSPS) is 37.8. The van der Waals surface area contributed by atoms with Gasteiger partial charge in [0.05, 0.1) is 18.1 Å². The SMILES string of the molecule is O=C(C1CCCCN1C(=O)C1CC2CCC1O2)N1CCCC1. The van der Waals surface area contributed by atoms with E-state index in [0.29, 0.717) is 0 Å². The molecule has 0 spiro atoms. The number of fused-ring (bicyclic) bond motifs is 2. The summed E-state index contributed by atoms with van der Waals surface area (Å²) in [5.74, 6) is 0.379. The van der Waals surface area contributed by atoms with Crippen LogP contribution >= 0.6 is 0 Å². The fourth-order valence-corrected chi connectivity index (χ4v) is 4.71. The second kappa shape index (κ2) is 5.84. The number of carbonyl (C=O) groups excluding carboxylic acids is 2. The molecule has 0 aromatic rings. The molecule has 2 bridgehead atoms. The van der Waals surface area contributed by atoms with Gasteiger partial charge >= 0.3 is 0 Å². The van der Waals surface area contributed by atoms with E-state index < -0.39 is 0 Å². The Hall–Kier alpha value is -1.10. The minimum absolute atomic E-state index is 0.00530. The lowest BCUT2D eigenvalue weighted by atomic mass is 9.87. The molecule has 0 saturated carbocycles. The highest BCUT2D eigenvalue weighted by Gasteiger charge is 2.47. The maximum atomic E-state index is 13.0. The van der Waals surface area contributed by atoms with E-state index in [1.807, 2.05) is 9.80 Å². The Kier molecular flexibility index (Phi) is 3.84. The number of amides is 2. The van der Waals surface area contributed by atoms with Gasteiger partial charge in [-0.25, -0.2) is 0 Å². The molecule has 0 N–H and O–H groups in total. The van der Waals surface area contributed by atoms with E-state index in [-0.39, 0.29) is 36.0 Å². The number of ether oxygens (including phenoxy) is 1. The Morgan fingerprint density at radius 3 is 2.32 bits per heavy atom. The number of carbonyl (C=O) groups is 2. The van der Waals surface area contributed by atoms with E-state index in [1.165, 1.54) is 0 Å². The molecule has 4 rings (SSSR count). The average molecular weight is 306 g/mol. The smallest absolute Gasteiger partial charge is 0.245 e. The molecule has 4 heterocycles. The fraction of sp³-hybridized carbons (Fsp3) is 0.882. The van der Waals surface area contributed by atoms with Crippen LogP contribution in [0, 0.1) is 5.92 Å². The Bertz CT molecular complexity index is 461. The maximum Gasteiger partial charge on any atom is 0.245 e. The van der Waals surface area contributed by atoms with E-state index in [0.717, 1.165) is 71.0 Å². The van der Waals surface area contributed by atoms with Crippen molar-refractivity contribution in [3.05, 3.63) is 0 Å². The Morgan fingerprint density at radius 2 is 1.64 bits per heavy atom. The number of likely N-dealkylation sites (tertiary alicyclic amines) is 2. The summed E-state index contributed by atoms with van der Waals surface area (Å²) in [4.78, 5) is 29.7. The van der Waals surface area contributed by atoms with Crippen molar-refractivity contribution in [2.24, 2.45) is 5.92 Å². The first kappa shape index (κ1) is 14.5. The summed E-state index contributed by atoms with van der Waals surface area (Å²) in [6.45, 7) is 2.49. The van der Waals surface area contributed by atoms with Gasteiger partial charge in [-0.2, -0.15) is 0 Å². The quantitative estimate of drug-likeness (QED) is 0.778. The van der Waals surface area contributed by atoms with Gasteiger partial charge in [-0.1, -0.05) is 0 Å². The molecule has 4 atom stereocenters. The predicted molar refractivity (Wildman–Crippen MR) is 81.2 cm³/mol. The minimum atomic E-state index is -0.210. The molecule has 4 unspecified atom stereocenters. The zero-order valence-electron chi connectivity index (χ0n) is 13.2. The monoisotopic (exact) mass is 306 g/mol. The van der Waals surface area contributed by atoms with Gasteiger partial charge in [0.2, 0.25) is 11.8 Å². The van der Waals surface area contributed by atoms with Crippen LogP contribution in [0.1, 0.15) is 51.4 Å². The van der Waals surface area contributed by atoms with Crippen LogP contribution in [0.5, 0.6) is 0 Å². The number of hydrogen-bond acceptors (Lipinski definition) is 3. The highest BCUT2D eigenvalue weighted by molar-refractivity contribution is 5.89. The van der Waals surface area contributed by atoms with Crippen molar-refractivity contribution in [2.75, 3.05) is 19.6 Å². The van der Waals surface area contributed by atoms with Crippen molar-refractivity contribution < 1.29 is 14.3 Å². The molecule has 122 valence electrons. The van der Waals surface area contributed by atoms with Crippen molar-refractivity contribution >= 4 is 11.8 Å². The molecule has 4 saturated heterocycles. The Labute approximate surface area is 132 Å². The molecule has 4 aliphatic heterocycles. The minimum Gasteiger partial charge on any atom is -0.374 e. The third-order valence-corrected chi connectivity index (χ3v) is 5.91. The lowest BCUT2D eigenvalue weighted by Crippen LogP contribution is -2.54. The van der Waals surface area contributed by atoms with Gasteiger partial charge in [0, 0.05) is 19.6 Å². The van der Waals surface area contributed by atoms with Crippen molar-refractivity contribution in [1.82, 2.24) is 9.80 Å². The Balaban J connectivity index is 1.48. The zero-order valence-corrected chi connectivity index (χ0v) is 13.2. The number of rotatable bonds is 2. The van der Waals surface area contributed by atoms with E-state index in [9.17, 15) is 9.59 Å². The van der Waals surface area contributed by atoms with Crippen LogP contribution in [-0.4, -0.2) is 59.5 Å². The number of hydrogen-bond donors (Lipinski definition) is 0. The third-order valence-electron chi connectivity index (χ3n) is 5.91. The van der Waals surface area contributed by atoms with Crippen molar-refractivity contribution in [3.8, 4) is 0 Å². The highest BCUT2D eigenvalue weighted by Crippen LogP contribution is 2.40. The summed E-state index contributed by atoms with van der Waals surface area (Å²) in [5, 5.41) is 0. The van der Waals surface area contributed by atoms with Crippen LogP contribution in [-0.2, 0) is 14.3 Å². The summed E-state index contributed by atoms with van der Waals surface area (Å²) in [6.07, 6.45) is 8.51. The zero-order chi connectivity index (χ0) is 15.1. The summed E-state index contributed by atoms with van der Waals surface area (Å²) in [6, 6.07) is -0.210. The van der Waals surface area contributed by atoms with E-state index in [2.05, 4.69) is 0 Å². The molecule has 0 radical (unpaired) electrons. The predicted octanol–water partition coefficient (Wildman–Crippen LogP) is 1.56. The van der Waals surface area contributed by atoms with Crippen LogP contribution in [0.25, 0.3) is 0 Å². The number of nitrogens with zero attached hydrogens (tertiary/aromatic N) is 2. The first-order valence-corrected chi connectivity index (χ1v) is 8.99.